The molecule has 2 aliphatic heterocycles. The van der Waals surface area contributed by atoms with Gasteiger partial charge < -0.3 is 9.80 Å². The average molecular weight is 347 g/mol. The Morgan fingerprint density at radius 2 is 1.88 bits per heavy atom. The maximum Gasteiger partial charge on any atom is 0.416 e. The molecule has 25 heavy (non-hydrogen) atoms. The summed E-state index contributed by atoms with van der Waals surface area (Å²) in [6, 6.07) is 9.64. The van der Waals surface area contributed by atoms with Crippen LogP contribution in [0.15, 0.2) is 42.6 Å². The highest BCUT2D eigenvalue weighted by molar-refractivity contribution is 5.77. The van der Waals surface area contributed by atoms with Crippen molar-refractivity contribution in [1.82, 2.24) is 4.98 Å². The number of alkyl halides is 3. The van der Waals surface area contributed by atoms with Gasteiger partial charge in [0.1, 0.15) is 0 Å². The highest BCUT2D eigenvalue weighted by Gasteiger charge is 2.36. The number of aromatic nitrogens is 1. The third-order valence-corrected chi connectivity index (χ3v) is 5.21. The van der Waals surface area contributed by atoms with Gasteiger partial charge in [-0.1, -0.05) is 6.92 Å². The van der Waals surface area contributed by atoms with Gasteiger partial charge in [0, 0.05) is 31.0 Å². The van der Waals surface area contributed by atoms with Crippen molar-refractivity contribution in [3.63, 3.8) is 0 Å². The van der Waals surface area contributed by atoms with E-state index in [0.717, 1.165) is 55.3 Å². The molecule has 1 fully saturated rings. The van der Waals surface area contributed by atoms with E-state index in [4.69, 9.17) is 0 Å². The van der Waals surface area contributed by atoms with Gasteiger partial charge in [-0.05, 0) is 55.2 Å². The van der Waals surface area contributed by atoms with Crippen LogP contribution in [-0.2, 0) is 6.18 Å². The van der Waals surface area contributed by atoms with Crippen molar-refractivity contribution in [1.29, 1.82) is 0 Å². The lowest BCUT2D eigenvalue weighted by molar-refractivity contribution is -0.137. The summed E-state index contributed by atoms with van der Waals surface area (Å²) in [5.41, 5.74) is 1.13. The number of halogens is 3. The van der Waals surface area contributed by atoms with Gasteiger partial charge in [-0.15, -0.1) is 0 Å². The molecule has 0 radical (unpaired) electrons. The lowest BCUT2D eigenvalue weighted by atomic mass is 9.90. The first kappa shape index (κ1) is 16.2. The van der Waals surface area contributed by atoms with Crippen LogP contribution in [0, 0.1) is 5.92 Å². The lowest BCUT2D eigenvalue weighted by Gasteiger charge is -2.47. The third-order valence-electron chi connectivity index (χ3n) is 5.21. The number of piperidine rings is 1. The third kappa shape index (κ3) is 2.94. The first-order valence-corrected chi connectivity index (χ1v) is 8.60. The Morgan fingerprint density at radius 3 is 2.60 bits per heavy atom. The van der Waals surface area contributed by atoms with Crippen LogP contribution >= 0.6 is 0 Å². The molecule has 1 aromatic carbocycles. The molecule has 0 aliphatic carbocycles. The molecule has 2 aliphatic rings. The molecule has 4 rings (SSSR count). The van der Waals surface area contributed by atoms with E-state index < -0.39 is 11.7 Å². The number of nitrogens with zero attached hydrogens (tertiary/aromatic N) is 3. The highest BCUT2D eigenvalue weighted by atomic mass is 19.4. The fraction of sp³-hybridized carbons (Fsp3) is 0.421. The average Bonchev–Trinajstić information content (AvgIpc) is 2.60. The van der Waals surface area contributed by atoms with Crippen LogP contribution in [0.4, 0.5) is 30.4 Å². The molecule has 6 heteroatoms. The zero-order valence-corrected chi connectivity index (χ0v) is 14.0. The fourth-order valence-corrected chi connectivity index (χ4v) is 3.91. The molecule has 1 aromatic heterocycles. The Bertz CT molecular complexity index is 757. The van der Waals surface area contributed by atoms with Gasteiger partial charge in [0.2, 0.25) is 0 Å². The minimum Gasteiger partial charge on any atom is -0.350 e. The topological polar surface area (TPSA) is 19.4 Å². The van der Waals surface area contributed by atoms with Crippen molar-refractivity contribution in [2.24, 2.45) is 5.92 Å². The molecule has 0 N–H and O–H groups in total. The minimum absolute atomic E-state index is 0.341. The van der Waals surface area contributed by atoms with Crippen molar-refractivity contribution < 1.29 is 13.2 Å². The molecule has 0 bridgehead atoms. The number of benzene rings is 1. The van der Waals surface area contributed by atoms with Gasteiger partial charge in [0.05, 0.1) is 11.3 Å². The van der Waals surface area contributed by atoms with Crippen LogP contribution < -0.4 is 9.80 Å². The number of rotatable bonds is 1. The number of anilines is 3. The summed E-state index contributed by atoms with van der Waals surface area (Å²) in [7, 11) is 0. The van der Waals surface area contributed by atoms with E-state index in [0.29, 0.717) is 12.0 Å². The van der Waals surface area contributed by atoms with Crippen molar-refractivity contribution in [2.75, 3.05) is 22.9 Å². The Balaban J connectivity index is 1.71. The number of hydrogen-bond donors (Lipinski definition) is 0. The summed E-state index contributed by atoms with van der Waals surface area (Å²) in [5.74, 6) is 1.59. The highest BCUT2D eigenvalue weighted by Crippen LogP contribution is 2.42. The molecule has 132 valence electrons. The molecular formula is C19H20F3N3. The number of fused-ring (bicyclic) bond motifs is 3. The predicted octanol–water partition coefficient (Wildman–Crippen LogP) is 4.86. The van der Waals surface area contributed by atoms with E-state index in [-0.39, 0.29) is 0 Å². The Labute approximate surface area is 145 Å². The first-order chi connectivity index (χ1) is 11.9. The second-order valence-electron chi connectivity index (χ2n) is 6.98. The smallest absolute Gasteiger partial charge is 0.350 e. The summed E-state index contributed by atoms with van der Waals surface area (Å²) < 4.78 is 38.5. The molecule has 2 unspecified atom stereocenters. The maximum absolute atomic E-state index is 12.8. The van der Waals surface area contributed by atoms with Crippen LogP contribution in [0.25, 0.3) is 0 Å². The Kier molecular flexibility index (Phi) is 3.85. The van der Waals surface area contributed by atoms with Crippen LogP contribution in [0.5, 0.6) is 0 Å². The van der Waals surface area contributed by atoms with E-state index in [9.17, 15) is 13.2 Å². The molecule has 3 heterocycles. The summed E-state index contributed by atoms with van der Waals surface area (Å²) in [6.07, 6.45) is -0.306. The molecule has 0 amide bonds. The van der Waals surface area contributed by atoms with Crippen LogP contribution in [0.2, 0.25) is 0 Å². The van der Waals surface area contributed by atoms with Gasteiger partial charge in [-0.2, -0.15) is 13.2 Å². The van der Waals surface area contributed by atoms with Crippen LogP contribution in [0.1, 0.15) is 25.3 Å². The van der Waals surface area contributed by atoms with E-state index in [1.165, 1.54) is 0 Å². The van der Waals surface area contributed by atoms with Crippen LogP contribution in [-0.4, -0.2) is 24.1 Å². The molecular weight excluding hydrogens is 327 g/mol. The second kappa shape index (κ2) is 5.93. The van der Waals surface area contributed by atoms with E-state index >= 15 is 0 Å². The zero-order valence-electron chi connectivity index (χ0n) is 14.0. The fourth-order valence-electron chi connectivity index (χ4n) is 3.91. The van der Waals surface area contributed by atoms with E-state index in [2.05, 4.69) is 21.7 Å². The lowest BCUT2D eigenvalue weighted by Crippen LogP contribution is -2.51. The quantitative estimate of drug-likeness (QED) is 0.735. The van der Waals surface area contributed by atoms with Gasteiger partial charge in [-0.3, -0.25) is 0 Å². The van der Waals surface area contributed by atoms with Gasteiger partial charge in [-0.25, -0.2) is 4.98 Å². The monoisotopic (exact) mass is 347 g/mol. The maximum atomic E-state index is 12.8. The standard InChI is InChI=1S/C19H20F3N3/c1-13-8-10-24-16(11-13)12-25(17-3-2-9-23-18(17)24)15-6-4-14(5-7-15)19(20,21)22/h2-7,9,13,16H,8,10-12H2,1H3. The van der Waals surface area contributed by atoms with Gasteiger partial charge in [0.15, 0.2) is 5.82 Å². The van der Waals surface area contributed by atoms with Crippen molar-refractivity contribution in [3.05, 3.63) is 48.2 Å². The normalized spacial score (nSPS) is 23.2. The van der Waals surface area contributed by atoms with Crippen molar-refractivity contribution >= 4 is 17.2 Å². The number of hydrogen-bond acceptors (Lipinski definition) is 3. The minimum atomic E-state index is -4.31. The first-order valence-electron chi connectivity index (χ1n) is 8.60. The van der Waals surface area contributed by atoms with Crippen molar-refractivity contribution in [2.45, 2.75) is 32.0 Å². The number of pyridine rings is 1. The SMILES string of the molecule is CC1CCN2c3ncccc3N(c3ccc(C(F)(F)F)cc3)CC2C1. The molecule has 0 spiro atoms. The van der Waals surface area contributed by atoms with E-state index in [1.54, 1.807) is 18.3 Å². The molecule has 1 saturated heterocycles. The Hall–Kier alpha value is -2.24. The van der Waals surface area contributed by atoms with Crippen LogP contribution in [0.3, 0.4) is 0 Å². The molecule has 2 aromatic rings. The molecule has 0 saturated carbocycles. The summed E-state index contributed by atoms with van der Waals surface area (Å²) >= 11 is 0. The zero-order chi connectivity index (χ0) is 17.6. The predicted molar refractivity (Wildman–Crippen MR) is 92.2 cm³/mol. The Morgan fingerprint density at radius 1 is 1.12 bits per heavy atom. The molecule has 3 nitrogen and oxygen atoms in total. The summed E-state index contributed by atoms with van der Waals surface area (Å²) in [5, 5.41) is 0. The van der Waals surface area contributed by atoms with E-state index in [1.807, 2.05) is 12.1 Å². The largest absolute Gasteiger partial charge is 0.416 e. The van der Waals surface area contributed by atoms with Crippen molar-refractivity contribution in [3.8, 4) is 0 Å². The van der Waals surface area contributed by atoms with Gasteiger partial charge >= 0.3 is 6.18 Å². The van der Waals surface area contributed by atoms with Gasteiger partial charge in [0.25, 0.3) is 0 Å². The summed E-state index contributed by atoms with van der Waals surface area (Å²) in [6.45, 7) is 4.01. The second-order valence-corrected chi connectivity index (χ2v) is 6.98. The summed E-state index contributed by atoms with van der Waals surface area (Å²) in [4.78, 5) is 9.02. The molecule has 2 atom stereocenters.